The van der Waals surface area contributed by atoms with E-state index in [-0.39, 0.29) is 0 Å². The van der Waals surface area contributed by atoms with Crippen LogP contribution in [-0.4, -0.2) is 0 Å². The average molecular weight is 204 g/mol. The highest BCUT2D eigenvalue weighted by atomic mass is 14.3. The molecule has 0 saturated carbocycles. The smallest absolute Gasteiger partial charge is 0.00668 e. The third kappa shape index (κ3) is 0.943. The predicted molar refractivity (Wildman–Crippen MR) is 67.8 cm³/mol. The second kappa shape index (κ2) is 2.85. The molecule has 0 heteroatoms. The lowest BCUT2D eigenvalue weighted by Gasteiger charge is -2.12. The summed E-state index contributed by atoms with van der Waals surface area (Å²) in [7, 11) is 0. The minimum Gasteiger partial charge on any atom is -0.0836 e. The van der Waals surface area contributed by atoms with E-state index in [9.17, 15) is 0 Å². The molecular weight excluding hydrogens is 192 g/mol. The zero-order valence-corrected chi connectivity index (χ0v) is 9.03. The van der Waals surface area contributed by atoms with Crippen LogP contribution in [-0.2, 0) is 0 Å². The fraction of sp³-hybridized carbons (Fsp3) is 0.125. The first-order chi connectivity index (χ1) is 7.93. The van der Waals surface area contributed by atoms with Crippen molar-refractivity contribution in [3.05, 3.63) is 70.3 Å². The molecule has 0 fully saturated rings. The summed E-state index contributed by atoms with van der Waals surface area (Å²) in [6.45, 7) is 0. The van der Waals surface area contributed by atoms with Crippen molar-refractivity contribution in [3.63, 3.8) is 0 Å². The van der Waals surface area contributed by atoms with E-state index in [4.69, 9.17) is 0 Å². The Kier molecular flexibility index (Phi) is 1.49. The highest BCUT2D eigenvalue weighted by molar-refractivity contribution is 6.02. The molecule has 16 heavy (non-hydrogen) atoms. The van der Waals surface area contributed by atoms with Gasteiger partial charge in [-0.05, 0) is 58.4 Å². The molecule has 1 aromatic carbocycles. The van der Waals surface area contributed by atoms with Crippen LogP contribution in [0.2, 0.25) is 0 Å². The van der Waals surface area contributed by atoms with E-state index in [1.165, 1.54) is 40.7 Å². The van der Waals surface area contributed by atoms with Gasteiger partial charge in [-0.3, -0.25) is 0 Å². The van der Waals surface area contributed by atoms with Gasteiger partial charge in [-0.25, -0.2) is 0 Å². The van der Waals surface area contributed by atoms with Crippen molar-refractivity contribution < 1.29 is 0 Å². The average Bonchev–Trinajstić information content (AvgIpc) is 2.83. The lowest BCUT2D eigenvalue weighted by atomic mass is 9.92. The summed E-state index contributed by atoms with van der Waals surface area (Å²) in [6.07, 6.45) is 11.6. The van der Waals surface area contributed by atoms with Gasteiger partial charge in [0.1, 0.15) is 0 Å². The molecule has 0 atom stereocenters. The summed E-state index contributed by atoms with van der Waals surface area (Å²) >= 11 is 0. The van der Waals surface area contributed by atoms with Crippen LogP contribution in [0.5, 0.6) is 0 Å². The highest BCUT2D eigenvalue weighted by Crippen LogP contribution is 2.47. The van der Waals surface area contributed by atoms with Crippen LogP contribution in [0, 0.1) is 0 Å². The predicted octanol–water partition coefficient (Wildman–Crippen LogP) is 4.13. The van der Waals surface area contributed by atoms with Crippen molar-refractivity contribution in [2.75, 3.05) is 0 Å². The maximum atomic E-state index is 2.33. The van der Waals surface area contributed by atoms with Crippen molar-refractivity contribution in [2.24, 2.45) is 0 Å². The van der Waals surface area contributed by atoms with Gasteiger partial charge in [-0.2, -0.15) is 0 Å². The van der Waals surface area contributed by atoms with E-state index in [2.05, 4.69) is 48.6 Å². The van der Waals surface area contributed by atoms with Gasteiger partial charge in [-0.15, -0.1) is 0 Å². The molecule has 0 spiro atoms. The number of fused-ring (bicyclic) bond motifs is 4. The van der Waals surface area contributed by atoms with Crippen LogP contribution in [0.4, 0.5) is 0 Å². The Morgan fingerprint density at radius 1 is 0.938 bits per heavy atom. The molecule has 0 N–H and O–H groups in total. The summed E-state index contributed by atoms with van der Waals surface area (Å²) in [5.74, 6) is 0. The summed E-state index contributed by atoms with van der Waals surface area (Å²) < 4.78 is 0. The van der Waals surface area contributed by atoms with Gasteiger partial charge in [0.25, 0.3) is 0 Å². The number of hydrogen-bond acceptors (Lipinski definition) is 0. The third-order valence-electron chi connectivity index (χ3n) is 3.65. The lowest BCUT2D eigenvalue weighted by molar-refractivity contribution is 0.977. The molecule has 0 aromatic heterocycles. The van der Waals surface area contributed by atoms with E-state index >= 15 is 0 Å². The van der Waals surface area contributed by atoms with Crippen LogP contribution in [0.3, 0.4) is 0 Å². The van der Waals surface area contributed by atoms with Gasteiger partial charge >= 0.3 is 0 Å². The minimum absolute atomic E-state index is 1.19. The van der Waals surface area contributed by atoms with Gasteiger partial charge < -0.3 is 0 Å². The summed E-state index contributed by atoms with van der Waals surface area (Å²) in [5, 5.41) is 0. The molecule has 0 saturated heterocycles. The molecule has 0 bridgehead atoms. The third-order valence-corrected chi connectivity index (χ3v) is 3.65. The van der Waals surface area contributed by atoms with E-state index < -0.39 is 0 Å². The van der Waals surface area contributed by atoms with Crippen LogP contribution < -0.4 is 0 Å². The normalized spacial score (nSPS) is 20.2. The Morgan fingerprint density at radius 3 is 2.88 bits per heavy atom. The lowest BCUT2D eigenvalue weighted by Crippen LogP contribution is -1.92. The number of hydrogen-bond donors (Lipinski definition) is 0. The second-order valence-electron chi connectivity index (χ2n) is 4.58. The van der Waals surface area contributed by atoms with Crippen molar-refractivity contribution in [1.29, 1.82) is 0 Å². The van der Waals surface area contributed by atoms with Crippen LogP contribution in [0.15, 0.2) is 59.2 Å². The number of benzene rings is 1. The van der Waals surface area contributed by atoms with Crippen molar-refractivity contribution in [3.8, 4) is 0 Å². The number of rotatable bonds is 0. The van der Waals surface area contributed by atoms with E-state index in [0.29, 0.717) is 0 Å². The molecule has 0 nitrogen and oxygen atoms in total. The standard InChI is InChI=1S/C16H12/c1-3-7-14-11(5-1)9-13-10-12-6-2-4-8-15(12)16(13)14/h1-3,5-7,9-10H,4,8H2. The maximum Gasteiger partial charge on any atom is -0.00668 e. The first-order valence-corrected chi connectivity index (χ1v) is 5.87. The molecule has 4 rings (SSSR count). The van der Waals surface area contributed by atoms with Crippen LogP contribution in [0.1, 0.15) is 24.0 Å². The minimum atomic E-state index is 1.19. The van der Waals surface area contributed by atoms with Crippen LogP contribution >= 0.6 is 0 Å². The molecule has 3 aliphatic rings. The topological polar surface area (TPSA) is 0 Å². The summed E-state index contributed by atoms with van der Waals surface area (Å²) in [5.41, 5.74) is 8.70. The van der Waals surface area contributed by atoms with Gasteiger partial charge in [0.2, 0.25) is 0 Å². The quantitative estimate of drug-likeness (QED) is 0.596. The molecule has 0 unspecified atom stereocenters. The molecule has 1 aromatic rings. The SMILES string of the molecule is C1=CC2=CC3=Cc4ccccc4C3=C2CC1. The fourth-order valence-electron chi connectivity index (χ4n) is 2.95. The molecule has 3 aliphatic carbocycles. The van der Waals surface area contributed by atoms with Crippen molar-refractivity contribution in [2.45, 2.75) is 12.8 Å². The monoisotopic (exact) mass is 204 g/mol. The van der Waals surface area contributed by atoms with Crippen molar-refractivity contribution >= 4 is 11.6 Å². The highest BCUT2D eigenvalue weighted by Gasteiger charge is 2.27. The molecular formula is C16H12. The Hall–Kier alpha value is -1.82. The Labute approximate surface area is 95.3 Å². The first kappa shape index (κ1) is 8.35. The Balaban J connectivity index is 2.02. The maximum absolute atomic E-state index is 2.33. The Morgan fingerprint density at radius 2 is 1.88 bits per heavy atom. The molecule has 0 amide bonds. The molecule has 0 radical (unpaired) electrons. The van der Waals surface area contributed by atoms with Crippen molar-refractivity contribution in [1.82, 2.24) is 0 Å². The summed E-state index contributed by atoms with van der Waals surface area (Å²) in [4.78, 5) is 0. The zero-order valence-electron chi connectivity index (χ0n) is 9.03. The summed E-state index contributed by atoms with van der Waals surface area (Å²) in [6, 6.07) is 8.71. The van der Waals surface area contributed by atoms with Crippen LogP contribution in [0.25, 0.3) is 11.6 Å². The van der Waals surface area contributed by atoms with Gasteiger partial charge in [0, 0.05) is 0 Å². The molecule has 76 valence electrons. The van der Waals surface area contributed by atoms with E-state index in [0.717, 1.165) is 0 Å². The van der Waals surface area contributed by atoms with Gasteiger partial charge in [-0.1, -0.05) is 36.4 Å². The Bertz CT molecular complexity index is 607. The molecule has 0 aliphatic heterocycles. The number of allylic oxidation sites excluding steroid dienone is 7. The van der Waals surface area contributed by atoms with E-state index in [1.54, 1.807) is 5.57 Å². The van der Waals surface area contributed by atoms with E-state index in [1.807, 2.05) is 0 Å². The first-order valence-electron chi connectivity index (χ1n) is 5.87. The molecule has 0 heterocycles. The zero-order chi connectivity index (χ0) is 10.5. The van der Waals surface area contributed by atoms with Gasteiger partial charge in [0.15, 0.2) is 0 Å². The fourth-order valence-corrected chi connectivity index (χ4v) is 2.95. The largest absolute Gasteiger partial charge is 0.0836 e. The second-order valence-corrected chi connectivity index (χ2v) is 4.58. The van der Waals surface area contributed by atoms with Gasteiger partial charge in [0.05, 0.1) is 0 Å².